The van der Waals surface area contributed by atoms with Crippen LogP contribution >= 0.6 is 0 Å². The Morgan fingerprint density at radius 2 is 2.24 bits per heavy atom. The highest BCUT2D eigenvalue weighted by atomic mass is 19.1. The van der Waals surface area contributed by atoms with E-state index in [4.69, 9.17) is 14.2 Å². The monoisotopic (exact) mass is 348 g/mol. The van der Waals surface area contributed by atoms with E-state index < -0.39 is 5.60 Å². The minimum atomic E-state index is -0.639. The highest BCUT2D eigenvalue weighted by Gasteiger charge is 2.51. The van der Waals surface area contributed by atoms with Gasteiger partial charge < -0.3 is 14.2 Å². The van der Waals surface area contributed by atoms with Crippen molar-refractivity contribution in [3.63, 3.8) is 0 Å². The Bertz CT molecular complexity index is 684. The van der Waals surface area contributed by atoms with Crippen molar-refractivity contribution < 1.29 is 23.4 Å². The van der Waals surface area contributed by atoms with Gasteiger partial charge in [-0.3, -0.25) is 4.79 Å². The second-order valence-electron chi connectivity index (χ2n) is 6.96. The molecule has 5 heteroatoms. The molecule has 3 rings (SSSR count). The summed E-state index contributed by atoms with van der Waals surface area (Å²) in [6.07, 6.45) is 4.47. The normalized spacial score (nSPS) is 26.6. The van der Waals surface area contributed by atoms with Gasteiger partial charge in [0.15, 0.2) is 12.6 Å². The standard InChI is InChI=1S/C20H25FO4/c1-4-5-15-11-20(19(10-18(15)22)24-12-25-20)13(2)8-14-6-7-16(23-3)9-17(14)21/h6-7,9-10,13,15H,4-5,8,11-12H2,1-3H3/t13-,15+,20-/m1/s1. The van der Waals surface area contributed by atoms with Crippen LogP contribution in [0.15, 0.2) is 30.0 Å². The van der Waals surface area contributed by atoms with E-state index in [0.717, 1.165) is 12.8 Å². The van der Waals surface area contributed by atoms with Crippen LogP contribution in [-0.4, -0.2) is 25.3 Å². The molecule has 2 aliphatic rings. The highest BCUT2D eigenvalue weighted by molar-refractivity contribution is 5.93. The fourth-order valence-electron chi connectivity index (χ4n) is 3.92. The summed E-state index contributed by atoms with van der Waals surface area (Å²) < 4.78 is 31.0. The van der Waals surface area contributed by atoms with E-state index >= 15 is 0 Å². The molecule has 0 aromatic heterocycles. The Hall–Kier alpha value is -1.88. The lowest BCUT2D eigenvalue weighted by atomic mass is 9.71. The molecule has 0 radical (unpaired) electrons. The number of carbonyl (C=O) groups is 1. The summed E-state index contributed by atoms with van der Waals surface area (Å²) in [5.41, 5.74) is -0.0263. The summed E-state index contributed by atoms with van der Waals surface area (Å²) in [6, 6.07) is 4.90. The fourth-order valence-corrected chi connectivity index (χ4v) is 3.92. The molecule has 1 aliphatic heterocycles. The smallest absolute Gasteiger partial charge is 0.189 e. The molecule has 1 heterocycles. The van der Waals surface area contributed by atoms with Crippen LogP contribution in [0.2, 0.25) is 0 Å². The zero-order valence-corrected chi connectivity index (χ0v) is 15.0. The van der Waals surface area contributed by atoms with E-state index in [2.05, 4.69) is 6.92 Å². The Kier molecular flexibility index (Phi) is 5.13. The molecule has 1 fully saturated rings. The van der Waals surface area contributed by atoms with Gasteiger partial charge in [0, 0.05) is 18.1 Å². The second-order valence-corrected chi connectivity index (χ2v) is 6.96. The molecule has 1 aromatic carbocycles. The van der Waals surface area contributed by atoms with Crippen molar-refractivity contribution in [2.75, 3.05) is 13.9 Å². The van der Waals surface area contributed by atoms with Gasteiger partial charge in [-0.05, 0) is 36.8 Å². The minimum absolute atomic E-state index is 0.0170. The van der Waals surface area contributed by atoms with Crippen LogP contribution < -0.4 is 4.74 Å². The zero-order valence-electron chi connectivity index (χ0n) is 15.0. The van der Waals surface area contributed by atoms with E-state index in [1.165, 1.54) is 13.2 Å². The van der Waals surface area contributed by atoms with Gasteiger partial charge in [0.25, 0.3) is 0 Å². The molecule has 4 nitrogen and oxygen atoms in total. The molecule has 3 atom stereocenters. The van der Waals surface area contributed by atoms with Gasteiger partial charge >= 0.3 is 0 Å². The van der Waals surface area contributed by atoms with E-state index in [1.807, 2.05) is 6.92 Å². The number of hydrogen-bond acceptors (Lipinski definition) is 4. The number of hydrogen-bond donors (Lipinski definition) is 0. The third-order valence-electron chi connectivity index (χ3n) is 5.39. The molecule has 136 valence electrons. The Balaban J connectivity index is 1.85. The number of benzene rings is 1. The summed E-state index contributed by atoms with van der Waals surface area (Å²) in [7, 11) is 1.52. The lowest BCUT2D eigenvalue weighted by molar-refractivity contribution is -0.123. The molecule has 0 unspecified atom stereocenters. The highest BCUT2D eigenvalue weighted by Crippen LogP contribution is 2.46. The Labute approximate surface area is 148 Å². The van der Waals surface area contributed by atoms with E-state index in [-0.39, 0.29) is 30.2 Å². The van der Waals surface area contributed by atoms with E-state index in [0.29, 0.717) is 29.9 Å². The van der Waals surface area contributed by atoms with E-state index in [1.54, 1.807) is 18.2 Å². The largest absolute Gasteiger partial charge is 0.497 e. The van der Waals surface area contributed by atoms with Crippen molar-refractivity contribution in [1.29, 1.82) is 0 Å². The summed E-state index contributed by atoms with van der Waals surface area (Å²) in [5.74, 6) is 0.853. The van der Waals surface area contributed by atoms with Crippen LogP contribution in [0.4, 0.5) is 4.39 Å². The van der Waals surface area contributed by atoms with Crippen molar-refractivity contribution in [2.24, 2.45) is 11.8 Å². The quantitative estimate of drug-likeness (QED) is 0.779. The molecular weight excluding hydrogens is 323 g/mol. The maximum atomic E-state index is 14.3. The third-order valence-corrected chi connectivity index (χ3v) is 5.39. The first-order valence-corrected chi connectivity index (χ1v) is 8.85. The number of allylic oxidation sites excluding steroid dienone is 1. The SMILES string of the molecule is CCC[C@H]1C[C@]2([C@H](C)Cc3ccc(OC)cc3F)OCOC2=CC1=O. The van der Waals surface area contributed by atoms with Crippen molar-refractivity contribution >= 4 is 5.78 Å². The van der Waals surface area contributed by atoms with Gasteiger partial charge in [-0.25, -0.2) is 4.39 Å². The second kappa shape index (κ2) is 7.16. The van der Waals surface area contributed by atoms with Crippen molar-refractivity contribution in [2.45, 2.75) is 45.1 Å². The number of ketones is 1. The maximum absolute atomic E-state index is 14.3. The van der Waals surface area contributed by atoms with Crippen LogP contribution in [0.1, 0.15) is 38.7 Å². The lowest BCUT2D eigenvalue weighted by Crippen LogP contribution is -2.45. The number of fused-ring (bicyclic) bond motifs is 1. The van der Waals surface area contributed by atoms with Crippen LogP contribution in [-0.2, 0) is 20.7 Å². The first-order valence-electron chi connectivity index (χ1n) is 8.85. The number of carbonyl (C=O) groups excluding carboxylic acids is 1. The van der Waals surface area contributed by atoms with Crippen LogP contribution in [0, 0.1) is 17.7 Å². The zero-order chi connectivity index (χ0) is 18.0. The first kappa shape index (κ1) is 17.9. The summed E-state index contributed by atoms with van der Waals surface area (Å²) >= 11 is 0. The average Bonchev–Trinajstić information content (AvgIpc) is 3.01. The summed E-state index contributed by atoms with van der Waals surface area (Å²) in [6.45, 7) is 4.25. The molecule has 25 heavy (non-hydrogen) atoms. The van der Waals surface area contributed by atoms with Crippen LogP contribution in [0.25, 0.3) is 0 Å². The minimum Gasteiger partial charge on any atom is -0.497 e. The molecule has 1 aliphatic carbocycles. The lowest BCUT2D eigenvalue weighted by Gasteiger charge is -2.38. The van der Waals surface area contributed by atoms with Crippen molar-refractivity contribution in [3.05, 3.63) is 41.4 Å². The number of methoxy groups -OCH3 is 1. The summed E-state index contributed by atoms with van der Waals surface area (Å²) in [5, 5.41) is 0. The fraction of sp³-hybridized carbons (Fsp3) is 0.550. The first-order chi connectivity index (χ1) is 12.0. The van der Waals surface area contributed by atoms with Crippen LogP contribution in [0.5, 0.6) is 5.75 Å². The number of halogens is 1. The number of rotatable bonds is 6. The van der Waals surface area contributed by atoms with Gasteiger partial charge in [0.05, 0.1) is 7.11 Å². The molecule has 1 aromatic rings. The topological polar surface area (TPSA) is 44.8 Å². The Morgan fingerprint density at radius 3 is 2.92 bits per heavy atom. The van der Waals surface area contributed by atoms with Gasteiger partial charge in [-0.2, -0.15) is 0 Å². The van der Waals surface area contributed by atoms with E-state index in [9.17, 15) is 9.18 Å². The maximum Gasteiger partial charge on any atom is 0.189 e. The molecular formula is C20H25FO4. The molecule has 0 bridgehead atoms. The Morgan fingerprint density at radius 1 is 1.44 bits per heavy atom. The molecule has 0 spiro atoms. The molecule has 0 saturated carbocycles. The molecule has 0 amide bonds. The van der Waals surface area contributed by atoms with Gasteiger partial charge in [0.2, 0.25) is 0 Å². The predicted octanol–water partition coefficient (Wildman–Crippen LogP) is 4.03. The van der Waals surface area contributed by atoms with Crippen molar-refractivity contribution in [3.8, 4) is 5.75 Å². The summed E-state index contributed by atoms with van der Waals surface area (Å²) in [4.78, 5) is 12.3. The van der Waals surface area contributed by atoms with Gasteiger partial charge in [-0.1, -0.05) is 26.3 Å². The molecule has 1 saturated heterocycles. The van der Waals surface area contributed by atoms with Crippen LogP contribution in [0.3, 0.4) is 0 Å². The van der Waals surface area contributed by atoms with Crippen molar-refractivity contribution in [1.82, 2.24) is 0 Å². The van der Waals surface area contributed by atoms with Gasteiger partial charge in [0.1, 0.15) is 22.9 Å². The average molecular weight is 348 g/mol. The van der Waals surface area contributed by atoms with Gasteiger partial charge in [-0.15, -0.1) is 0 Å². The third kappa shape index (κ3) is 3.30. The number of ether oxygens (including phenoxy) is 3. The predicted molar refractivity (Wildman–Crippen MR) is 91.7 cm³/mol. The molecule has 0 N–H and O–H groups in total.